The van der Waals surface area contributed by atoms with Gasteiger partial charge in [-0.2, -0.15) is 0 Å². The number of benzene rings is 1. The highest BCUT2D eigenvalue weighted by atomic mass is 15.0. The van der Waals surface area contributed by atoms with Crippen LogP contribution in [0.1, 0.15) is 22.3 Å². The van der Waals surface area contributed by atoms with Gasteiger partial charge in [-0.1, -0.05) is 12.1 Å². The molecule has 2 heterocycles. The van der Waals surface area contributed by atoms with Gasteiger partial charge in [-0.3, -0.25) is 4.40 Å². The fourth-order valence-corrected chi connectivity index (χ4v) is 2.68. The summed E-state index contributed by atoms with van der Waals surface area (Å²) < 4.78 is 2.16. The molecule has 0 bridgehead atoms. The predicted molar refractivity (Wildman–Crippen MR) is 79.6 cm³/mol. The molecule has 2 nitrogen and oxygen atoms in total. The second-order valence-corrected chi connectivity index (χ2v) is 5.21. The molecule has 0 aliphatic heterocycles. The Bertz CT molecular complexity index is 740. The largest absolute Gasteiger partial charge is 0.300 e. The smallest absolute Gasteiger partial charge is 0.145 e. The van der Waals surface area contributed by atoms with E-state index in [1.807, 2.05) is 18.3 Å². The Morgan fingerprint density at radius 2 is 1.63 bits per heavy atom. The minimum absolute atomic E-state index is 1.04. The van der Waals surface area contributed by atoms with Crippen LogP contribution in [0.4, 0.5) is 0 Å². The molecule has 3 aromatic rings. The summed E-state index contributed by atoms with van der Waals surface area (Å²) in [6, 6.07) is 8.43. The molecule has 0 N–H and O–H groups in total. The lowest BCUT2D eigenvalue weighted by Gasteiger charge is -2.14. The van der Waals surface area contributed by atoms with Crippen LogP contribution in [0.15, 0.2) is 36.7 Å². The summed E-state index contributed by atoms with van der Waals surface area (Å²) in [7, 11) is 0. The third-order valence-corrected chi connectivity index (χ3v) is 4.03. The highest BCUT2D eigenvalue weighted by molar-refractivity contribution is 5.71. The highest BCUT2D eigenvalue weighted by Crippen LogP contribution is 2.31. The van der Waals surface area contributed by atoms with Crippen molar-refractivity contribution in [2.24, 2.45) is 0 Å². The zero-order valence-corrected chi connectivity index (χ0v) is 11.9. The molecule has 0 spiro atoms. The maximum atomic E-state index is 4.63. The van der Waals surface area contributed by atoms with Crippen LogP contribution in [0.25, 0.3) is 16.9 Å². The van der Waals surface area contributed by atoms with E-state index in [0.29, 0.717) is 0 Å². The molecular weight excluding hydrogens is 232 g/mol. The summed E-state index contributed by atoms with van der Waals surface area (Å²) in [5.41, 5.74) is 7.69. The third kappa shape index (κ3) is 1.75. The van der Waals surface area contributed by atoms with Crippen LogP contribution in [0, 0.1) is 27.7 Å². The molecule has 0 unspecified atom stereocenters. The van der Waals surface area contributed by atoms with Crippen LogP contribution in [0.5, 0.6) is 0 Å². The Hall–Kier alpha value is -2.09. The van der Waals surface area contributed by atoms with E-state index < -0.39 is 0 Å². The summed E-state index contributed by atoms with van der Waals surface area (Å²) in [6.45, 7) is 8.70. The quantitative estimate of drug-likeness (QED) is 0.631. The van der Waals surface area contributed by atoms with Gasteiger partial charge in [-0.25, -0.2) is 4.98 Å². The molecule has 0 saturated carbocycles. The summed E-state index contributed by atoms with van der Waals surface area (Å²) >= 11 is 0. The topological polar surface area (TPSA) is 17.3 Å². The lowest BCUT2D eigenvalue weighted by Crippen LogP contribution is -1.98. The molecule has 0 fully saturated rings. The summed E-state index contributed by atoms with van der Waals surface area (Å²) in [6.07, 6.45) is 4.01. The zero-order valence-electron chi connectivity index (χ0n) is 11.9. The molecule has 0 amide bonds. The molecule has 0 aliphatic rings. The van der Waals surface area contributed by atoms with Crippen molar-refractivity contribution < 1.29 is 0 Å². The monoisotopic (exact) mass is 250 g/mol. The van der Waals surface area contributed by atoms with E-state index in [9.17, 15) is 0 Å². The van der Waals surface area contributed by atoms with Crippen molar-refractivity contribution in [3.63, 3.8) is 0 Å². The van der Waals surface area contributed by atoms with Gasteiger partial charge >= 0.3 is 0 Å². The number of aryl methyl sites for hydroxylation is 2. The van der Waals surface area contributed by atoms with Gasteiger partial charge in [0.25, 0.3) is 0 Å². The summed E-state index contributed by atoms with van der Waals surface area (Å²) in [5.74, 6) is 1.04. The first kappa shape index (κ1) is 12.0. The molecule has 2 aromatic heterocycles. The Morgan fingerprint density at radius 1 is 0.947 bits per heavy atom. The normalized spacial score (nSPS) is 11.2. The average molecular weight is 250 g/mol. The predicted octanol–water partition coefficient (Wildman–Crippen LogP) is 4.23. The van der Waals surface area contributed by atoms with Gasteiger partial charge in [0.15, 0.2) is 0 Å². The number of hydrogen-bond acceptors (Lipinski definition) is 1. The van der Waals surface area contributed by atoms with E-state index in [0.717, 1.165) is 11.3 Å². The SMILES string of the molecule is Cc1cc(C)c(C)c(-c2ncc3ccccn23)c1C. The second kappa shape index (κ2) is 4.23. The number of aromatic nitrogens is 2. The number of imidazole rings is 1. The molecule has 0 saturated heterocycles. The fourth-order valence-electron chi connectivity index (χ4n) is 2.68. The van der Waals surface area contributed by atoms with Crippen LogP contribution >= 0.6 is 0 Å². The molecule has 3 rings (SSSR count). The van der Waals surface area contributed by atoms with E-state index >= 15 is 0 Å². The average Bonchev–Trinajstić information content (AvgIpc) is 2.81. The summed E-state index contributed by atoms with van der Waals surface area (Å²) in [5, 5.41) is 0. The van der Waals surface area contributed by atoms with Crippen molar-refractivity contribution >= 4 is 5.52 Å². The Balaban J connectivity index is 2.39. The maximum absolute atomic E-state index is 4.63. The van der Waals surface area contributed by atoms with Crippen LogP contribution in [0.3, 0.4) is 0 Å². The molecule has 96 valence electrons. The first-order chi connectivity index (χ1) is 9.09. The second-order valence-electron chi connectivity index (χ2n) is 5.21. The number of nitrogens with zero attached hydrogens (tertiary/aromatic N) is 2. The van der Waals surface area contributed by atoms with Crippen molar-refractivity contribution in [2.45, 2.75) is 27.7 Å². The van der Waals surface area contributed by atoms with E-state index in [2.05, 4.69) is 55.4 Å². The molecule has 19 heavy (non-hydrogen) atoms. The number of hydrogen-bond donors (Lipinski definition) is 0. The van der Waals surface area contributed by atoms with Crippen LogP contribution in [-0.4, -0.2) is 9.38 Å². The Kier molecular flexibility index (Phi) is 2.67. The number of fused-ring (bicyclic) bond motifs is 1. The van der Waals surface area contributed by atoms with E-state index in [-0.39, 0.29) is 0 Å². The van der Waals surface area contributed by atoms with E-state index in [4.69, 9.17) is 0 Å². The molecular formula is C17H18N2. The summed E-state index contributed by atoms with van der Waals surface area (Å²) in [4.78, 5) is 4.63. The standard InChI is InChI=1S/C17H18N2/c1-11-9-12(2)14(4)16(13(11)3)17-18-10-15-7-5-6-8-19(15)17/h5-10H,1-4H3. The van der Waals surface area contributed by atoms with Crippen molar-refractivity contribution in [2.75, 3.05) is 0 Å². The van der Waals surface area contributed by atoms with Gasteiger partial charge in [0.05, 0.1) is 11.7 Å². The van der Waals surface area contributed by atoms with Crippen molar-refractivity contribution in [1.82, 2.24) is 9.38 Å². The fraction of sp³-hybridized carbons (Fsp3) is 0.235. The van der Waals surface area contributed by atoms with Gasteiger partial charge in [-0.05, 0) is 62.1 Å². The first-order valence-electron chi connectivity index (χ1n) is 6.59. The van der Waals surface area contributed by atoms with E-state index in [1.165, 1.54) is 27.8 Å². The maximum Gasteiger partial charge on any atom is 0.145 e. The van der Waals surface area contributed by atoms with Crippen LogP contribution in [-0.2, 0) is 0 Å². The van der Waals surface area contributed by atoms with Crippen LogP contribution in [0.2, 0.25) is 0 Å². The molecule has 1 aromatic carbocycles. The molecule has 2 heteroatoms. The van der Waals surface area contributed by atoms with Crippen molar-refractivity contribution in [3.8, 4) is 11.4 Å². The molecule has 0 radical (unpaired) electrons. The molecule has 0 atom stereocenters. The van der Waals surface area contributed by atoms with Gasteiger partial charge in [0.1, 0.15) is 5.82 Å². The minimum Gasteiger partial charge on any atom is -0.300 e. The molecule has 0 aliphatic carbocycles. The minimum atomic E-state index is 1.04. The Labute approximate surface area is 113 Å². The zero-order chi connectivity index (χ0) is 13.6. The van der Waals surface area contributed by atoms with E-state index in [1.54, 1.807) is 0 Å². The van der Waals surface area contributed by atoms with Gasteiger partial charge in [0, 0.05) is 11.8 Å². The number of rotatable bonds is 1. The number of pyridine rings is 1. The first-order valence-corrected chi connectivity index (χ1v) is 6.59. The Morgan fingerprint density at radius 3 is 2.32 bits per heavy atom. The van der Waals surface area contributed by atoms with Crippen LogP contribution < -0.4 is 0 Å². The lowest BCUT2D eigenvalue weighted by atomic mass is 9.94. The van der Waals surface area contributed by atoms with Crippen molar-refractivity contribution in [1.29, 1.82) is 0 Å². The highest BCUT2D eigenvalue weighted by Gasteiger charge is 2.14. The van der Waals surface area contributed by atoms with Gasteiger partial charge in [-0.15, -0.1) is 0 Å². The lowest BCUT2D eigenvalue weighted by molar-refractivity contribution is 1.13. The van der Waals surface area contributed by atoms with Crippen molar-refractivity contribution in [3.05, 3.63) is 58.9 Å². The van der Waals surface area contributed by atoms with Gasteiger partial charge < -0.3 is 0 Å². The third-order valence-electron chi connectivity index (χ3n) is 4.03. The van der Waals surface area contributed by atoms with Gasteiger partial charge in [0.2, 0.25) is 0 Å².